The molecule has 0 radical (unpaired) electrons. The lowest BCUT2D eigenvalue weighted by Crippen LogP contribution is -2.27. The monoisotopic (exact) mass is 506 g/mol. The van der Waals surface area contributed by atoms with Crippen LogP contribution >= 0.6 is 11.6 Å². The number of halogens is 1. The van der Waals surface area contributed by atoms with Gasteiger partial charge in [0.15, 0.2) is 12.4 Å². The van der Waals surface area contributed by atoms with Crippen LogP contribution in [0.4, 0.5) is 11.4 Å². The molecular formula is C27H23ClN2O6. The normalized spacial score (nSPS) is 14.9. The molecule has 1 aliphatic rings. The first-order chi connectivity index (χ1) is 17.3. The summed E-state index contributed by atoms with van der Waals surface area (Å²) in [7, 11) is 1.54. The first-order valence-corrected chi connectivity index (χ1v) is 11.5. The van der Waals surface area contributed by atoms with Gasteiger partial charge >= 0.3 is 5.97 Å². The average molecular weight is 507 g/mol. The van der Waals surface area contributed by atoms with Crippen molar-refractivity contribution >= 4 is 46.5 Å². The van der Waals surface area contributed by atoms with E-state index in [0.29, 0.717) is 33.3 Å². The molecule has 184 valence electrons. The van der Waals surface area contributed by atoms with Crippen molar-refractivity contribution in [2.24, 2.45) is 5.92 Å². The fourth-order valence-corrected chi connectivity index (χ4v) is 3.93. The fraction of sp³-hybridized carbons (Fsp3) is 0.185. The second-order valence-corrected chi connectivity index (χ2v) is 8.62. The number of anilines is 2. The van der Waals surface area contributed by atoms with Crippen molar-refractivity contribution in [1.82, 2.24) is 0 Å². The molecule has 0 unspecified atom stereocenters. The molecule has 1 heterocycles. The third-order valence-electron chi connectivity index (χ3n) is 5.72. The van der Waals surface area contributed by atoms with Gasteiger partial charge in [-0.1, -0.05) is 23.7 Å². The highest BCUT2D eigenvalue weighted by Gasteiger charge is 2.36. The number of hydrogen-bond donors (Lipinski definition) is 1. The summed E-state index contributed by atoms with van der Waals surface area (Å²) in [6, 6.07) is 19.8. The molecule has 4 rings (SSSR count). The lowest BCUT2D eigenvalue weighted by Gasteiger charge is -2.17. The molecule has 3 aromatic carbocycles. The lowest BCUT2D eigenvalue weighted by atomic mass is 10.1. The number of amides is 2. The minimum absolute atomic E-state index is 0.0474. The van der Waals surface area contributed by atoms with E-state index in [1.807, 2.05) is 0 Å². The number of hydrogen-bond acceptors (Lipinski definition) is 6. The molecule has 1 N–H and O–H groups in total. The number of nitrogens with zero attached hydrogens (tertiary/aromatic N) is 1. The number of ketones is 1. The van der Waals surface area contributed by atoms with Crippen molar-refractivity contribution < 1.29 is 28.7 Å². The van der Waals surface area contributed by atoms with Gasteiger partial charge in [0.25, 0.3) is 5.91 Å². The van der Waals surface area contributed by atoms with Crippen LogP contribution in [0, 0.1) is 5.92 Å². The van der Waals surface area contributed by atoms with Gasteiger partial charge in [-0.3, -0.25) is 19.2 Å². The molecule has 0 spiro atoms. The van der Waals surface area contributed by atoms with Gasteiger partial charge in [0.1, 0.15) is 5.75 Å². The Morgan fingerprint density at radius 3 is 2.50 bits per heavy atom. The Balaban J connectivity index is 1.37. The maximum Gasteiger partial charge on any atom is 0.311 e. The lowest BCUT2D eigenvalue weighted by molar-refractivity contribution is -0.147. The SMILES string of the molecule is COc1cccc(NC(=O)c2cccc(N3C[C@H](C(=O)OCC(=O)c4ccc(Cl)cc4)CC3=O)c2)c1. The Kier molecular flexibility index (Phi) is 7.65. The van der Waals surface area contributed by atoms with Crippen LogP contribution in [-0.2, 0) is 14.3 Å². The summed E-state index contributed by atoms with van der Waals surface area (Å²) < 4.78 is 10.3. The Labute approximate surface area is 212 Å². The van der Waals surface area contributed by atoms with Gasteiger partial charge in [-0.2, -0.15) is 0 Å². The van der Waals surface area contributed by atoms with Crippen LogP contribution in [0.3, 0.4) is 0 Å². The summed E-state index contributed by atoms with van der Waals surface area (Å²) in [4.78, 5) is 51.6. The zero-order valence-corrected chi connectivity index (χ0v) is 20.2. The molecule has 1 atom stereocenters. The molecule has 36 heavy (non-hydrogen) atoms. The zero-order valence-electron chi connectivity index (χ0n) is 19.4. The van der Waals surface area contributed by atoms with E-state index < -0.39 is 18.5 Å². The molecule has 1 saturated heterocycles. The number of carbonyl (C=O) groups is 4. The van der Waals surface area contributed by atoms with E-state index in [1.165, 1.54) is 12.0 Å². The summed E-state index contributed by atoms with van der Waals surface area (Å²) >= 11 is 5.82. The van der Waals surface area contributed by atoms with Gasteiger partial charge < -0.3 is 19.7 Å². The molecule has 1 fully saturated rings. The topological polar surface area (TPSA) is 102 Å². The fourth-order valence-electron chi connectivity index (χ4n) is 3.81. The maximum atomic E-state index is 12.8. The van der Waals surface area contributed by atoms with E-state index in [2.05, 4.69) is 5.32 Å². The molecule has 8 nitrogen and oxygen atoms in total. The molecule has 3 aromatic rings. The van der Waals surface area contributed by atoms with Crippen molar-refractivity contribution in [3.05, 3.63) is 88.9 Å². The van der Waals surface area contributed by atoms with E-state index in [1.54, 1.807) is 72.8 Å². The molecule has 0 bridgehead atoms. The van der Waals surface area contributed by atoms with Gasteiger partial charge in [-0.15, -0.1) is 0 Å². The van der Waals surface area contributed by atoms with E-state index in [-0.39, 0.29) is 30.6 Å². The summed E-state index contributed by atoms with van der Waals surface area (Å²) in [5.74, 6) is -1.72. The van der Waals surface area contributed by atoms with Gasteiger partial charge in [0.05, 0.1) is 13.0 Å². The largest absolute Gasteiger partial charge is 0.497 e. The third kappa shape index (κ3) is 5.90. The third-order valence-corrected chi connectivity index (χ3v) is 5.97. The minimum Gasteiger partial charge on any atom is -0.497 e. The van der Waals surface area contributed by atoms with Crippen LogP contribution in [-0.4, -0.2) is 43.8 Å². The molecular weight excluding hydrogens is 484 g/mol. The van der Waals surface area contributed by atoms with Crippen LogP contribution in [0.5, 0.6) is 5.75 Å². The predicted octanol–water partition coefficient (Wildman–Crippen LogP) is 4.38. The first-order valence-electron chi connectivity index (χ1n) is 11.2. The van der Waals surface area contributed by atoms with E-state index in [9.17, 15) is 19.2 Å². The highest BCUT2D eigenvalue weighted by Crippen LogP contribution is 2.27. The maximum absolute atomic E-state index is 12.8. The quantitative estimate of drug-likeness (QED) is 0.359. The first kappa shape index (κ1) is 24.9. The summed E-state index contributed by atoms with van der Waals surface area (Å²) in [5, 5.41) is 3.29. The number of methoxy groups -OCH3 is 1. The highest BCUT2D eigenvalue weighted by atomic mass is 35.5. The van der Waals surface area contributed by atoms with Crippen molar-refractivity contribution in [2.45, 2.75) is 6.42 Å². The van der Waals surface area contributed by atoms with Gasteiger partial charge in [-0.25, -0.2) is 0 Å². The average Bonchev–Trinajstić information content (AvgIpc) is 3.29. The Hall–Kier alpha value is -4.17. The van der Waals surface area contributed by atoms with E-state index in [0.717, 1.165) is 0 Å². The molecule has 9 heteroatoms. The van der Waals surface area contributed by atoms with Crippen molar-refractivity contribution in [2.75, 3.05) is 30.5 Å². The second kappa shape index (κ2) is 11.0. The second-order valence-electron chi connectivity index (χ2n) is 8.18. The number of carbonyl (C=O) groups excluding carboxylic acids is 4. The summed E-state index contributed by atoms with van der Waals surface area (Å²) in [6.07, 6.45) is -0.0474. The van der Waals surface area contributed by atoms with Gasteiger partial charge in [-0.05, 0) is 54.6 Å². The smallest absolute Gasteiger partial charge is 0.311 e. The number of ether oxygens (including phenoxy) is 2. The van der Waals surface area contributed by atoms with E-state index >= 15 is 0 Å². The molecule has 0 saturated carbocycles. The van der Waals surface area contributed by atoms with Crippen LogP contribution in [0.1, 0.15) is 27.1 Å². The number of nitrogens with one attached hydrogen (secondary N) is 1. The van der Waals surface area contributed by atoms with Crippen LogP contribution in [0.25, 0.3) is 0 Å². The Morgan fingerprint density at radius 2 is 1.75 bits per heavy atom. The van der Waals surface area contributed by atoms with Crippen molar-refractivity contribution in [1.29, 1.82) is 0 Å². The van der Waals surface area contributed by atoms with Crippen molar-refractivity contribution in [3.63, 3.8) is 0 Å². The van der Waals surface area contributed by atoms with Crippen LogP contribution in [0.15, 0.2) is 72.8 Å². The Bertz CT molecular complexity index is 1310. The predicted molar refractivity (Wildman–Crippen MR) is 135 cm³/mol. The molecule has 0 aliphatic carbocycles. The molecule has 0 aromatic heterocycles. The Morgan fingerprint density at radius 1 is 1.00 bits per heavy atom. The van der Waals surface area contributed by atoms with E-state index in [4.69, 9.17) is 21.1 Å². The van der Waals surface area contributed by atoms with Gasteiger partial charge in [0, 0.05) is 46.6 Å². The standard InChI is InChI=1S/C27H23ClN2O6/c1-35-23-7-3-5-21(14-23)29-26(33)18-4-2-6-22(12-18)30-15-19(13-25(30)32)27(34)36-16-24(31)17-8-10-20(28)11-9-17/h2-12,14,19H,13,15-16H2,1H3,(H,29,33)/t19-/m1/s1. The van der Waals surface area contributed by atoms with Gasteiger partial charge in [0.2, 0.25) is 5.91 Å². The zero-order chi connectivity index (χ0) is 25.7. The summed E-state index contributed by atoms with van der Waals surface area (Å²) in [5.41, 5.74) is 1.78. The van der Waals surface area contributed by atoms with Crippen molar-refractivity contribution in [3.8, 4) is 5.75 Å². The van der Waals surface area contributed by atoms with Crippen LogP contribution < -0.4 is 15.0 Å². The number of esters is 1. The number of benzene rings is 3. The number of rotatable bonds is 8. The number of Topliss-reactive ketones (excluding diaryl/α,β-unsaturated/α-hetero) is 1. The minimum atomic E-state index is -0.718. The molecule has 1 aliphatic heterocycles. The van der Waals surface area contributed by atoms with Crippen LogP contribution in [0.2, 0.25) is 5.02 Å². The molecule has 2 amide bonds. The highest BCUT2D eigenvalue weighted by molar-refractivity contribution is 6.30. The summed E-state index contributed by atoms with van der Waals surface area (Å²) in [6.45, 7) is -0.334.